The van der Waals surface area contributed by atoms with Crippen molar-refractivity contribution in [1.29, 1.82) is 0 Å². The normalized spacial score (nSPS) is 33.4. The Balaban J connectivity index is 3.12. The summed E-state index contributed by atoms with van der Waals surface area (Å²) in [7, 11) is 0. The van der Waals surface area contributed by atoms with E-state index in [1.807, 2.05) is 6.92 Å². The minimum atomic E-state index is -0.695. The number of aliphatic hydroxyl groups is 2. The lowest BCUT2D eigenvalue weighted by Gasteiger charge is -2.44. The van der Waals surface area contributed by atoms with Crippen molar-refractivity contribution >= 4 is 5.78 Å². The van der Waals surface area contributed by atoms with E-state index in [9.17, 15) is 15.0 Å². The predicted molar refractivity (Wildman–Crippen MR) is 67.6 cm³/mol. The number of hydrogen-bond acceptors (Lipinski definition) is 3. The zero-order valence-electron chi connectivity index (χ0n) is 11.1. The van der Waals surface area contributed by atoms with Gasteiger partial charge in [-0.25, -0.2) is 0 Å². The van der Waals surface area contributed by atoms with Gasteiger partial charge in [-0.05, 0) is 38.5 Å². The largest absolute Gasteiger partial charge is 0.396 e. The third-order valence-corrected chi connectivity index (χ3v) is 3.88. The molecule has 0 fully saturated rings. The maximum atomic E-state index is 11.8. The fourth-order valence-electron chi connectivity index (χ4n) is 3.48. The van der Waals surface area contributed by atoms with Gasteiger partial charge in [0.1, 0.15) is 5.78 Å². The molecule has 0 saturated carbocycles. The Morgan fingerprint density at radius 3 is 2.65 bits per heavy atom. The van der Waals surface area contributed by atoms with E-state index in [0.717, 1.165) is 24.8 Å². The first-order valence-corrected chi connectivity index (χ1v) is 6.43. The molecular formula is C14H24O3. The van der Waals surface area contributed by atoms with Crippen LogP contribution in [0.1, 0.15) is 46.5 Å². The Hall–Kier alpha value is -0.670. The average Bonchev–Trinajstić information content (AvgIpc) is 2.15. The summed E-state index contributed by atoms with van der Waals surface area (Å²) < 4.78 is 0. The van der Waals surface area contributed by atoms with Gasteiger partial charge in [0.25, 0.3) is 0 Å². The highest BCUT2D eigenvalue weighted by molar-refractivity contribution is 5.80. The van der Waals surface area contributed by atoms with Crippen LogP contribution >= 0.6 is 0 Å². The Morgan fingerprint density at radius 1 is 1.53 bits per heavy atom. The monoisotopic (exact) mass is 240 g/mol. The molecule has 98 valence electrons. The predicted octanol–water partition coefficient (Wildman–Crippen LogP) is 2.07. The second kappa shape index (κ2) is 5.78. The summed E-state index contributed by atoms with van der Waals surface area (Å²) in [6.07, 6.45) is 4.33. The number of allylic oxidation sites excluding steroid dienone is 1. The van der Waals surface area contributed by atoms with Crippen molar-refractivity contribution in [2.75, 3.05) is 6.61 Å². The number of hydrogen-bond donors (Lipinski definition) is 2. The minimum Gasteiger partial charge on any atom is -0.396 e. The highest BCUT2D eigenvalue weighted by Gasteiger charge is 2.45. The maximum absolute atomic E-state index is 11.8. The van der Waals surface area contributed by atoms with Gasteiger partial charge >= 0.3 is 0 Å². The average molecular weight is 240 g/mol. The van der Waals surface area contributed by atoms with E-state index >= 15 is 0 Å². The summed E-state index contributed by atoms with van der Waals surface area (Å²) in [5, 5.41) is 19.4. The molecule has 2 N–H and O–H groups in total. The molecule has 0 amide bonds. The van der Waals surface area contributed by atoms with Gasteiger partial charge in [0.2, 0.25) is 0 Å². The maximum Gasteiger partial charge on any atom is 0.136 e. The van der Waals surface area contributed by atoms with Crippen LogP contribution in [0, 0.1) is 11.3 Å². The van der Waals surface area contributed by atoms with Crippen LogP contribution in [0.4, 0.5) is 0 Å². The molecule has 0 heterocycles. The number of carbonyl (C=O) groups excluding carboxylic acids is 1. The van der Waals surface area contributed by atoms with Crippen LogP contribution < -0.4 is 0 Å². The molecule has 1 aliphatic carbocycles. The molecule has 0 radical (unpaired) electrons. The Morgan fingerprint density at radius 2 is 2.18 bits per heavy atom. The van der Waals surface area contributed by atoms with Gasteiger partial charge in [0.05, 0.1) is 12.0 Å². The van der Waals surface area contributed by atoms with Crippen LogP contribution in [0.2, 0.25) is 0 Å². The Kier molecular flexibility index (Phi) is 4.90. The van der Waals surface area contributed by atoms with Crippen molar-refractivity contribution in [3.63, 3.8) is 0 Å². The lowest BCUT2D eigenvalue weighted by Crippen LogP contribution is -2.45. The van der Waals surface area contributed by atoms with E-state index < -0.39 is 6.10 Å². The summed E-state index contributed by atoms with van der Waals surface area (Å²) in [4.78, 5) is 11.8. The molecule has 1 aliphatic rings. The molecular weight excluding hydrogens is 216 g/mol. The van der Waals surface area contributed by atoms with Crippen LogP contribution in [0.15, 0.2) is 11.6 Å². The first-order valence-electron chi connectivity index (χ1n) is 6.43. The summed E-state index contributed by atoms with van der Waals surface area (Å²) in [5.41, 5.74) is 0.866. The molecule has 3 atom stereocenters. The number of rotatable bonds is 5. The third kappa shape index (κ3) is 2.96. The van der Waals surface area contributed by atoms with Crippen molar-refractivity contribution in [3.8, 4) is 0 Å². The van der Waals surface area contributed by atoms with Crippen LogP contribution in [0.3, 0.4) is 0 Å². The fraction of sp³-hybridized carbons (Fsp3) is 0.786. The number of aliphatic hydroxyl groups excluding tert-OH is 2. The molecule has 0 saturated heterocycles. The lowest BCUT2D eigenvalue weighted by molar-refractivity contribution is -0.131. The van der Waals surface area contributed by atoms with Crippen molar-refractivity contribution < 1.29 is 15.0 Å². The molecule has 0 spiro atoms. The van der Waals surface area contributed by atoms with Crippen molar-refractivity contribution in [1.82, 2.24) is 0 Å². The topological polar surface area (TPSA) is 57.5 Å². The molecule has 17 heavy (non-hydrogen) atoms. The van der Waals surface area contributed by atoms with Gasteiger partial charge in [-0.3, -0.25) is 4.79 Å². The summed E-state index contributed by atoms with van der Waals surface area (Å²) in [6.45, 7) is 5.69. The van der Waals surface area contributed by atoms with E-state index in [4.69, 9.17) is 0 Å². The SMILES string of the molecule is CCCC1(CCO)CC(C)=CC(O)C1C(C)=O. The quantitative estimate of drug-likeness (QED) is 0.723. The first-order chi connectivity index (χ1) is 7.96. The van der Waals surface area contributed by atoms with Gasteiger partial charge < -0.3 is 10.2 Å². The third-order valence-electron chi connectivity index (χ3n) is 3.88. The zero-order valence-corrected chi connectivity index (χ0v) is 11.1. The van der Waals surface area contributed by atoms with E-state index in [1.54, 1.807) is 13.0 Å². The summed E-state index contributed by atoms with van der Waals surface area (Å²) in [6, 6.07) is 0. The van der Waals surface area contributed by atoms with E-state index in [2.05, 4.69) is 6.92 Å². The molecule has 0 aromatic rings. The Bertz CT molecular complexity index is 301. The highest BCUT2D eigenvalue weighted by atomic mass is 16.3. The molecule has 1 rings (SSSR count). The molecule has 0 aromatic heterocycles. The summed E-state index contributed by atoms with van der Waals surface area (Å²) >= 11 is 0. The summed E-state index contributed by atoms with van der Waals surface area (Å²) in [5.74, 6) is -0.332. The second-order valence-corrected chi connectivity index (χ2v) is 5.35. The van der Waals surface area contributed by atoms with Gasteiger partial charge in [-0.1, -0.05) is 25.0 Å². The van der Waals surface area contributed by atoms with Crippen LogP contribution in [0.25, 0.3) is 0 Å². The number of carbonyl (C=O) groups is 1. The second-order valence-electron chi connectivity index (χ2n) is 5.35. The van der Waals surface area contributed by atoms with E-state index in [-0.39, 0.29) is 23.7 Å². The standard InChI is InChI=1S/C14H24O3/c1-4-5-14(6-7-15)9-10(2)8-12(17)13(14)11(3)16/h8,12-13,15,17H,4-7,9H2,1-3H3. The first kappa shape index (κ1) is 14.4. The van der Waals surface area contributed by atoms with Gasteiger partial charge in [0, 0.05) is 6.61 Å². The van der Waals surface area contributed by atoms with Crippen molar-refractivity contribution in [3.05, 3.63) is 11.6 Å². The molecule has 3 unspecified atom stereocenters. The van der Waals surface area contributed by atoms with Gasteiger partial charge in [-0.2, -0.15) is 0 Å². The molecule has 0 bridgehead atoms. The molecule has 0 aromatic carbocycles. The number of ketones is 1. The smallest absolute Gasteiger partial charge is 0.136 e. The van der Waals surface area contributed by atoms with E-state index in [1.165, 1.54) is 0 Å². The zero-order chi connectivity index (χ0) is 13.1. The van der Waals surface area contributed by atoms with Crippen LogP contribution in [-0.2, 0) is 4.79 Å². The molecule has 3 nitrogen and oxygen atoms in total. The highest BCUT2D eigenvalue weighted by Crippen LogP contribution is 2.47. The fourth-order valence-corrected chi connectivity index (χ4v) is 3.48. The van der Waals surface area contributed by atoms with Crippen LogP contribution in [-0.4, -0.2) is 28.7 Å². The minimum absolute atomic E-state index is 0.0307. The molecule has 0 aliphatic heterocycles. The van der Waals surface area contributed by atoms with Gasteiger partial charge in [0.15, 0.2) is 0 Å². The van der Waals surface area contributed by atoms with Gasteiger partial charge in [-0.15, -0.1) is 0 Å². The lowest BCUT2D eigenvalue weighted by atomic mass is 9.60. The molecule has 3 heteroatoms. The van der Waals surface area contributed by atoms with Crippen molar-refractivity contribution in [2.45, 2.75) is 52.6 Å². The van der Waals surface area contributed by atoms with Crippen molar-refractivity contribution in [2.24, 2.45) is 11.3 Å². The van der Waals surface area contributed by atoms with Crippen LogP contribution in [0.5, 0.6) is 0 Å². The Labute approximate surface area is 104 Å². The van der Waals surface area contributed by atoms with E-state index in [0.29, 0.717) is 6.42 Å². The number of Topliss-reactive ketones (excluding diaryl/α,β-unsaturated/α-hetero) is 1.